The van der Waals surface area contributed by atoms with Crippen molar-refractivity contribution in [3.05, 3.63) is 47.5 Å². The topological polar surface area (TPSA) is 3.01 Å². The minimum atomic E-state index is -0.995. The fourth-order valence-corrected chi connectivity index (χ4v) is 1.61. The Bertz CT molecular complexity index is 416. The third-order valence-corrected chi connectivity index (χ3v) is 2.66. The van der Waals surface area contributed by atoms with Crippen LogP contribution < -0.4 is 0 Å². The molecule has 0 bridgehead atoms. The monoisotopic (exact) mass is 220 g/mol. The van der Waals surface area contributed by atoms with Crippen LogP contribution >= 0.6 is 0 Å². The van der Waals surface area contributed by atoms with Gasteiger partial charge in [-0.3, -0.25) is 0 Å². The molecular weight excluding hydrogens is 201 g/mol. The van der Waals surface area contributed by atoms with Crippen molar-refractivity contribution in [1.29, 1.82) is 0 Å². The minimum Gasteiger partial charge on any atom is -0.201 e. The Morgan fingerprint density at radius 1 is 1.38 bits per heavy atom. The van der Waals surface area contributed by atoms with Gasteiger partial charge in [0.25, 0.3) is 6.30 Å². The van der Waals surface area contributed by atoms with Gasteiger partial charge in [-0.05, 0) is 25.5 Å². The van der Waals surface area contributed by atoms with Gasteiger partial charge in [-0.1, -0.05) is 24.3 Å². The molecule has 86 valence electrons. The van der Waals surface area contributed by atoms with E-state index in [-0.39, 0.29) is 0 Å². The summed E-state index contributed by atoms with van der Waals surface area (Å²) in [4.78, 5) is 0. The second-order valence-corrected chi connectivity index (χ2v) is 3.89. The van der Waals surface area contributed by atoms with Crippen LogP contribution in [0.4, 0.5) is 4.39 Å². The summed E-state index contributed by atoms with van der Waals surface area (Å²) in [5, 5.41) is 0. The molecule has 0 saturated carbocycles. The van der Waals surface area contributed by atoms with Crippen LogP contribution in [-0.4, -0.2) is 23.6 Å². The standard InChI is InChI=1S/C14H19FN/c1-5-8-14(16(4)12(3)15)13-10-7-6-9-11(13)2/h5-10,12H,1-4H3/q+1/b8-5-,16-14+. The van der Waals surface area contributed by atoms with Gasteiger partial charge < -0.3 is 0 Å². The molecule has 0 amide bonds. The average molecular weight is 220 g/mol. The van der Waals surface area contributed by atoms with Crippen LogP contribution in [0.15, 0.2) is 36.4 Å². The van der Waals surface area contributed by atoms with Crippen LogP contribution in [0, 0.1) is 6.92 Å². The van der Waals surface area contributed by atoms with Crippen molar-refractivity contribution in [2.75, 3.05) is 7.05 Å². The second-order valence-electron chi connectivity index (χ2n) is 3.89. The van der Waals surface area contributed by atoms with Crippen LogP contribution in [0.1, 0.15) is 25.0 Å². The smallest absolute Gasteiger partial charge is 0.201 e. The summed E-state index contributed by atoms with van der Waals surface area (Å²) in [7, 11) is 1.77. The predicted octanol–water partition coefficient (Wildman–Crippen LogP) is 3.32. The predicted molar refractivity (Wildman–Crippen MR) is 66.9 cm³/mol. The summed E-state index contributed by atoms with van der Waals surface area (Å²) in [6.45, 7) is 5.52. The van der Waals surface area contributed by atoms with Crippen molar-refractivity contribution in [2.45, 2.75) is 27.1 Å². The highest BCUT2D eigenvalue weighted by atomic mass is 19.1. The fraction of sp³-hybridized carbons (Fsp3) is 0.357. The highest BCUT2D eigenvalue weighted by Gasteiger charge is 2.17. The summed E-state index contributed by atoms with van der Waals surface area (Å²) in [5.74, 6) is 0. The van der Waals surface area contributed by atoms with E-state index in [0.717, 1.165) is 16.8 Å². The number of benzene rings is 1. The molecule has 0 aliphatic carbocycles. The van der Waals surface area contributed by atoms with E-state index in [1.165, 1.54) is 0 Å². The van der Waals surface area contributed by atoms with Gasteiger partial charge in [-0.25, -0.2) is 4.58 Å². The van der Waals surface area contributed by atoms with Crippen LogP contribution in [0.2, 0.25) is 0 Å². The van der Waals surface area contributed by atoms with E-state index in [2.05, 4.69) is 0 Å². The molecule has 0 spiro atoms. The zero-order valence-electron chi connectivity index (χ0n) is 10.4. The highest BCUT2D eigenvalue weighted by Crippen LogP contribution is 2.10. The molecule has 1 aromatic carbocycles. The number of alkyl halides is 1. The van der Waals surface area contributed by atoms with Gasteiger partial charge in [0.2, 0.25) is 5.71 Å². The summed E-state index contributed by atoms with van der Waals surface area (Å²) >= 11 is 0. The van der Waals surface area contributed by atoms with E-state index >= 15 is 0 Å². The first-order valence-electron chi connectivity index (χ1n) is 5.50. The van der Waals surface area contributed by atoms with Crippen molar-refractivity contribution in [3.8, 4) is 0 Å². The van der Waals surface area contributed by atoms with Gasteiger partial charge in [0, 0.05) is 18.6 Å². The van der Waals surface area contributed by atoms with Gasteiger partial charge >= 0.3 is 0 Å². The van der Waals surface area contributed by atoms with Crippen molar-refractivity contribution < 1.29 is 8.97 Å². The van der Waals surface area contributed by atoms with Gasteiger partial charge in [-0.15, -0.1) is 0 Å². The Hall–Kier alpha value is -1.44. The maximum atomic E-state index is 13.4. The normalized spacial score (nSPS) is 15.1. The van der Waals surface area contributed by atoms with Gasteiger partial charge in [0.05, 0.1) is 0 Å². The first kappa shape index (κ1) is 12.6. The molecule has 1 unspecified atom stereocenters. The first-order chi connectivity index (χ1) is 7.57. The van der Waals surface area contributed by atoms with E-state index in [9.17, 15) is 4.39 Å². The van der Waals surface area contributed by atoms with Crippen molar-refractivity contribution in [1.82, 2.24) is 0 Å². The zero-order chi connectivity index (χ0) is 12.1. The Morgan fingerprint density at radius 3 is 2.50 bits per heavy atom. The Kier molecular flexibility index (Phi) is 4.41. The number of allylic oxidation sites excluding steroid dienone is 2. The van der Waals surface area contributed by atoms with Gasteiger partial charge in [-0.2, -0.15) is 4.39 Å². The molecule has 1 nitrogen and oxygen atoms in total. The summed E-state index contributed by atoms with van der Waals surface area (Å²) < 4.78 is 15.0. The van der Waals surface area contributed by atoms with Gasteiger partial charge in [0.15, 0.2) is 0 Å². The number of aryl methyl sites for hydroxylation is 1. The molecular formula is C14H19FN+. The molecule has 0 saturated heterocycles. The van der Waals surface area contributed by atoms with Crippen molar-refractivity contribution in [2.24, 2.45) is 0 Å². The van der Waals surface area contributed by atoms with E-state index in [4.69, 9.17) is 0 Å². The summed E-state index contributed by atoms with van der Waals surface area (Å²) in [6, 6.07) is 8.02. The summed E-state index contributed by atoms with van der Waals surface area (Å²) in [6.07, 6.45) is 2.88. The minimum absolute atomic E-state index is 0.913. The molecule has 0 aliphatic heterocycles. The van der Waals surface area contributed by atoms with Crippen molar-refractivity contribution >= 4 is 5.71 Å². The number of hydrogen-bond acceptors (Lipinski definition) is 0. The SMILES string of the molecule is C/C=C\C(c1ccccc1C)=[N+](\C)C(C)F. The summed E-state index contributed by atoms with van der Waals surface area (Å²) in [5.41, 5.74) is 3.14. The lowest BCUT2D eigenvalue weighted by Gasteiger charge is -2.07. The molecule has 1 aromatic rings. The zero-order valence-corrected chi connectivity index (χ0v) is 10.4. The number of rotatable bonds is 3. The van der Waals surface area contributed by atoms with E-state index in [1.54, 1.807) is 18.5 Å². The molecule has 1 atom stereocenters. The Balaban J connectivity index is 3.35. The molecule has 0 N–H and O–H groups in total. The van der Waals surface area contributed by atoms with Crippen LogP contribution in [0.5, 0.6) is 0 Å². The third kappa shape index (κ3) is 2.78. The lowest BCUT2D eigenvalue weighted by atomic mass is 10.0. The van der Waals surface area contributed by atoms with E-state index in [1.807, 2.05) is 50.3 Å². The number of nitrogens with zero attached hydrogens (tertiary/aromatic N) is 1. The quantitative estimate of drug-likeness (QED) is 0.417. The average Bonchev–Trinajstić information content (AvgIpc) is 2.26. The third-order valence-electron chi connectivity index (χ3n) is 2.66. The molecule has 0 aliphatic rings. The van der Waals surface area contributed by atoms with Crippen LogP contribution in [0.25, 0.3) is 0 Å². The lowest BCUT2D eigenvalue weighted by Crippen LogP contribution is -2.23. The molecule has 0 aromatic heterocycles. The maximum absolute atomic E-state index is 13.4. The molecule has 0 radical (unpaired) electrons. The van der Waals surface area contributed by atoms with Crippen LogP contribution in [0.3, 0.4) is 0 Å². The van der Waals surface area contributed by atoms with E-state index in [0.29, 0.717) is 0 Å². The Morgan fingerprint density at radius 2 is 2.00 bits per heavy atom. The largest absolute Gasteiger partial charge is 0.291 e. The number of halogens is 1. The van der Waals surface area contributed by atoms with E-state index < -0.39 is 6.30 Å². The molecule has 0 heterocycles. The fourth-order valence-electron chi connectivity index (χ4n) is 1.61. The van der Waals surface area contributed by atoms with Gasteiger partial charge in [0.1, 0.15) is 7.05 Å². The molecule has 0 fully saturated rings. The first-order valence-corrected chi connectivity index (χ1v) is 5.50. The Labute approximate surface area is 96.9 Å². The highest BCUT2D eigenvalue weighted by molar-refractivity contribution is 6.06. The number of hydrogen-bond donors (Lipinski definition) is 0. The maximum Gasteiger partial charge on any atom is 0.291 e. The lowest BCUT2D eigenvalue weighted by molar-refractivity contribution is -0.562. The van der Waals surface area contributed by atoms with Crippen molar-refractivity contribution in [3.63, 3.8) is 0 Å². The molecule has 2 heteroatoms. The molecule has 16 heavy (non-hydrogen) atoms. The van der Waals surface area contributed by atoms with Crippen LogP contribution in [-0.2, 0) is 0 Å². The second kappa shape index (κ2) is 5.59. The molecule has 1 rings (SSSR count).